The molecular weight excluding hydrogens is 300 g/mol. The van der Waals surface area contributed by atoms with Crippen LogP contribution in [0.4, 0.5) is 13.2 Å². The molecule has 1 N–H and O–H groups in total. The molecule has 1 aromatic carbocycles. The van der Waals surface area contributed by atoms with Gasteiger partial charge in [0.2, 0.25) is 0 Å². The van der Waals surface area contributed by atoms with Gasteiger partial charge in [0.05, 0.1) is 3.57 Å². The fourth-order valence-corrected chi connectivity index (χ4v) is 1.14. The predicted molar refractivity (Wildman–Crippen MR) is 47.5 cm³/mol. The van der Waals surface area contributed by atoms with E-state index in [0.717, 1.165) is 6.07 Å². The third-order valence-electron chi connectivity index (χ3n) is 1.14. The maximum absolute atomic E-state index is 11.7. The zero-order chi connectivity index (χ0) is 10.1. The van der Waals surface area contributed by atoms with Gasteiger partial charge in [0, 0.05) is 6.07 Å². The van der Waals surface area contributed by atoms with Crippen molar-refractivity contribution in [1.82, 2.24) is 0 Å². The monoisotopic (exact) mass is 304 g/mol. The second kappa shape index (κ2) is 3.60. The Bertz CT molecular complexity index is 311. The molecular formula is C7H4F3IO2. The van der Waals surface area contributed by atoms with Gasteiger partial charge >= 0.3 is 6.36 Å². The normalized spacial score (nSPS) is 11.4. The molecule has 0 unspecified atom stereocenters. The van der Waals surface area contributed by atoms with Crippen molar-refractivity contribution in [3.05, 3.63) is 21.8 Å². The van der Waals surface area contributed by atoms with Gasteiger partial charge in [-0.05, 0) is 34.7 Å². The van der Waals surface area contributed by atoms with E-state index in [0.29, 0.717) is 0 Å². The molecule has 0 fully saturated rings. The highest BCUT2D eigenvalue weighted by Crippen LogP contribution is 2.30. The third-order valence-corrected chi connectivity index (χ3v) is 2.03. The Kier molecular flexibility index (Phi) is 2.89. The Morgan fingerprint density at radius 3 is 2.46 bits per heavy atom. The van der Waals surface area contributed by atoms with Crippen LogP contribution in [0.2, 0.25) is 0 Å². The molecule has 1 aromatic rings. The van der Waals surface area contributed by atoms with E-state index >= 15 is 0 Å². The number of ether oxygens (including phenoxy) is 1. The molecule has 13 heavy (non-hydrogen) atoms. The smallest absolute Gasteiger partial charge is 0.508 e. The van der Waals surface area contributed by atoms with Crippen molar-refractivity contribution >= 4 is 22.6 Å². The Morgan fingerprint density at radius 1 is 1.31 bits per heavy atom. The quantitative estimate of drug-likeness (QED) is 0.808. The number of benzene rings is 1. The van der Waals surface area contributed by atoms with Crippen LogP contribution in [0.15, 0.2) is 18.2 Å². The third kappa shape index (κ3) is 3.29. The summed E-state index contributed by atoms with van der Waals surface area (Å²) in [5.41, 5.74) is 0. The Hall–Kier alpha value is -0.660. The van der Waals surface area contributed by atoms with E-state index in [1.54, 1.807) is 22.6 Å². The predicted octanol–water partition coefficient (Wildman–Crippen LogP) is 2.90. The zero-order valence-corrected chi connectivity index (χ0v) is 8.26. The van der Waals surface area contributed by atoms with E-state index < -0.39 is 12.1 Å². The van der Waals surface area contributed by atoms with E-state index in [2.05, 4.69) is 4.74 Å². The topological polar surface area (TPSA) is 29.5 Å². The molecule has 0 heterocycles. The summed E-state index contributed by atoms with van der Waals surface area (Å²) >= 11 is 1.68. The van der Waals surface area contributed by atoms with Gasteiger partial charge < -0.3 is 9.84 Å². The van der Waals surface area contributed by atoms with Crippen LogP contribution in [0.5, 0.6) is 11.5 Å². The van der Waals surface area contributed by atoms with Crippen molar-refractivity contribution < 1.29 is 23.0 Å². The van der Waals surface area contributed by atoms with Crippen LogP contribution in [0, 0.1) is 3.57 Å². The number of aromatic hydroxyl groups is 1. The SMILES string of the molecule is Oc1ccc(I)c(OC(F)(F)F)c1. The number of hydrogen-bond acceptors (Lipinski definition) is 2. The Balaban J connectivity index is 2.94. The van der Waals surface area contributed by atoms with Crippen molar-refractivity contribution in [2.75, 3.05) is 0 Å². The first-order chi connectivity index (χ1) is 5.88. The molecule has 2 nitrogen and oxygen atoms in total. The van der Waals surface area contributed by atoms with Crippen LogP contribution in [-0.2, 0) is 0 Å². The highest BCUT2D eigenvalue weighted by molar-refractivity contribution is 14.1. The van der Waals surface area contributed by atoms with Crippen LogP contribution in [0.25, 0.3) is 0 Å². The first kappa shape index (κ1) is 10.4. The number of hydrogen-bond donors (Lipinski definition) is 1. The summed E-state index contributed by atoms with van der Waals surface area (Å²) in [4.78, 5) is 0. The first-order valence-electron chi connectivity index (χ1n) is 3.13. The molecule has 0 aromatic heterocycles. The van der Waals surface area contributed by atoms with Gasteiger partial charge in [-0.3, -0.25) is 0 Å². The van der Waals surface area contributed by atoms with Gasteiger partial charge in [-0.15, -0.1) is 13.2 Å². The highest BCUT2D eigenvalue weighted by Gasteiger charge is 2.32. The molecule has 6 heteroatoms. The van der Waals surface area contributed by atoms with Gasteiger partial charge in [0.1, 0.15) is 11.5 Å². The summed E-state index contributed by atoms with van der Waals surface area (Å²) in [6.45, 7) is 0. The Morgan fingerprint density at radius 2 is 1.92 bits per heavy atom. The van der Waals surface area contributed by atoms with Crippen LogP contribution >= 0.6 is 22.6 Å². The lowest BCUT2D eigenvalue weighted by Crippen LogP contribution is -2.17. The average molecular weight is 304 g/mol. The van der Waals surface area contributed by atoms with E-state index in [-0.39, 0.29) is 9.32 Å². The van der Waals surface area contributed by atoms with Crippen molar-refractivity contribution in [3.63, 3.8) is 0 Å². The molecule has 0 radical (unpaired) electrons. The van der Waals surface area contributed by atoms with E-state index in [4.69, 9.17) is 5.11 Å². The first-order valence-corrected chi connectivity index (χ1v) is 4.20. The largest absolute Gasteiger partial charge is 0.573 e. The van der Waals surface area contributed by atoms with Crippen LogP contribution in [0.1, 0.15) is 0 Å². The molecule has 0 amide bonds. The standard InChI is InChI=1S/C7H4F3IO2/c8-7(9,10)13-6-3-4(12)1-2-5(6)11/h1-3,12H. The molecule has 0 saturated heterocycles. The van der Waals surface area contributed by atoms with E-state index in [1.807, 2.05) is 0 Å². The molecule has 1 rings (SSSR count). The minimum absolute atomic E-state index is 0.264. The maximum Gasteiger partial charge on any atom is 0.573 e. The minimum Gasteiger partial charge on any atom is -0.508 e. The number of alkyl halides is 3. The summed E-state index contributed by atoms with van der Waals surface area (Å²) in [5, 5.41) is 8.88. The number of rotatable bonds is 1. The summed E-state index contributed by atoms with van der Waals surface area (Å²) < 4.78 is 39.2. The van der Waals surface area contributed by atoms with E-state index in [1.165, 1.54) is 12.1 Å². The molecule has 0 bridgehead atoms. The van der Waals surface area contributed by atoms with Gasteiger partial charge in [-0.2, -0.15) is 0 Å². The molecule has 0 saturated carbocycles. The van der Waals surface area contributed by atoms with Crippen LogP contribution < -0.4 is 4.74 Å². The fraction of sp³-hybridized carbons (Fsp3) is 0.143. The zero-order valence-electron chi connectivity index (χ0n) is 6.10. The van der Waals surface area contributed by atoms with E-state index in [9.17, 15) is 13.2 Å². The lowest BCUT2D eigenvalue weighted by atomic mass is 10.3. The Labute approximate surface area is 85.5 Å². The van der Waals surface area contributed by atoms with Gasteiger partial charge in [-0.25, -0.2) is 0 Å². The molecule has 0 spiro atoms. The summed E-state index contributed by atoms with van der Waals surface area (Å²) in [6, 6.07) is 3.53. The molecule has 0 atom stereocenters. The summed E-state index contributed by atoms with van der Waals surface area (Å²) in [5.74, 6) is -0.659. The fourth-order valence-electron chi connectivity index (χ4n) is 0.695. The van der Waals surface area contributed by atoms with Gasteiger partial charge in [0.25, 0.3) is 0 Å². The van der Waals surface area contributed by atoms with Crippen LogP contribution in [-0.4, -0.2) is 11.5 Å². The molecule has 0 aliphatic rings. The summed E-state index contributed by atoms with van der Waals surface area (Å²) in [7, 11) is 0. The van der Waals surface area contributed by atoms with Gasteiger partial charge in [0.15, 0.2) is 0 Å². The number of halogens is 4. The lowest BCUT2D eigenvalue weighted by molar-refractivity contribution is -0.274. The summed E-state index contributed by atoms with van der Waals surface area (Å²) in [6.07, 6.45) is -4.73. The molecule has 0 aliphatic carbocycles. The van der Waals surface area contributed by atoms with Gasteiger partial charge in [-0.1, -0.05) is 0 Å². The van der Waals surface area contributed by atoms with Crippen molar-refractivity contribution in [2.45, 2.75) is 6.36 Å². The minimum atomic E-state index is -4.73. The van der Waals surface area contributed by atoms with Crippen molar-refractivity contribution in [1.29, 1.82) is 0 Å². The van der Waals surface area contributed by atoms with Crippen molar-refractivity contribution in [2.24, 2.45) is 0 Å². The maximum atomic E-state index is 11.7. The second-order valence-corrected chi connectivity index (χ2v) is 3.32. The second-order valence-electron chi connectivity index (χ2n) is 2.16. The van der Waals surface area contributed by atoms with Crippen molar-refractivity contribution in [3.8, 4) is 11.5 Å². The number of phenolic OH excluding ortho intramolecular Hbond substituents is 1. The molecule has 0 aliphatic heterocycles. The average Bonchev–Trinajstić information content (AvgIpc) is 1.94. The highest BCUT2D eigenvalue weighted by atomic mass is 127. The lowest BCUT2D eigenvalue weighted by Gasteiger charge is -2.10. The molecule has 72 valence electrons. The number of phenols is 1. The van der Waals surface area contributed by atoms with Crippen LogP contribution in [0.3, 0.4) is 0 Å².